The monoisotopic (exact) mass is 257 g/mol. The van der Waals surface area contributed by atoms with Gasteiger partial charge in [-0.25, -0.2) is 0 Å². The number of nitrogens with zero attached hydrogens (tertiary/aromatic N) is 2. The molecule has 0 aliphatic carbocycles. The molecule has 106 valence electrons. The first-order chi connectivity index (χ1) is 8.84. The highest BCUT2D eigenvalue weighted by atomic mass is 16.5. The van der Waals surface area contributed by atoms with Gasteiger partial charge in [0.1, 0.15) is 0 Å². The second kappa shape index (κ2) is 8.07. The van der Waals surface area contributed by atoms with Crippen LogP contribution in [0.3, 0.4) is 0 Å². The summed E-state index contributed by atoms with van der Waals surface area (Å²) in [5.41, 5.74) is 0. The zero-order chi connectivity index (χ0) is 12.6. The topological polar surface area (TPSA) is 37.0 Å². The predicted octanol–water partition coefficient (Wildman–Crippen LogP) is -0.371. The number of hydrogen-bond acceptors (Lipinski definition) is 5. The van der Waals surface area contributed by atoms with Crippen LogP contribution in [-0.2, 0) is 9.47 Å². The molecule has 0 spiro atoms. The van der Waals surface area contributed by atoms with E-state index < -0.39 is 0 Å². The normalized spacial score (nSPS) is 26.7. The molecule has 0 aromatic heterocycles. The van der Waals surface area contributed by atoms with Gasteiger partial charge in [0.25, 0.3) is 0 Å². The van der Waals surface area contributed by atoms with Gasteiger partial charge in [0.2, 0.25) is 0 Å². The van der Waals surface area contributed by atoms with Crippen LogP contribution >= 0.6 is 0 Å². The van der Waals surface area contributed by atoms with Gasteiger partial charge in [-0.15, -0.1) is 0 Å². The summed E-state index contributed by atoms with van der Waals surface area (Å²) in [7, 11) is 2.21. The second-order valence-electron chi connectivity index (χ2n) is 5.24. The van der Waals surface area contributed by atoms with E-state index in [2.05, 4.69) is 22.2 Å². The fourth-order valence-corrected chi connectivity index (χ4v) is 2.42. The van der Waals surface area contributed by atoms with Crippen LogP contribution in [0.25, 0.3) is 0 Å². The van der Waals surface area contributed by atoms with Crippen molar-refractivity contribution in [2.24, 2.45) is 0 Å². The van der Waals surface area contributed by atoms with Gasteiger partial charge in [0.05, 0.1) is 25.9 Å². The van der Waals surface area contributed by atoms with Crippen molar-refractivity contribution in [3.63, 3.8) is 0 Å². The molecule has 1 unspecified atom stereocenters. The number of nitrogens with one attached hydrogen (secondary N) is 1. The van der Waals surface area contributed by atoms with Crippen LogP contribution in [0, 0.1) is 0 Å². The van der Waals surface area contributed by atoms with E-state index in [9.17, 15) is 0 Å². The van der Waals surface area contributed by atoms with Gasteiger partial charge in [0, 0.05) is 45.8 Å². The van der Waals surface area contributed by atoms with Crippen LogP contribution in [0.15, 0.2) is 0 Å². The third-order valence-electron chi connectivity index (χ3n) is 3.74. The van der Waals surface area contributed by atoms with Crippen molar-refractivity contribution in [2.75, 3.05) is 72.7 Å². The van der Waals surface area contributed by atoms with Gasteiger partial charge in [0.15, 0.2) is 0 Å². The number of likely N-dealkylation sites (N-methyl/N-ethyl adjacent to an activating group) is 1. The van der Waals surface area contributed by atoms with Crippen LogP contribution in [0.5, 0.6) is 0 Å². The maximum Gasteiger partial charge on any atom is 0.0712 e. The molecule has 18 heavy (non-hydrogen) atoms. The molecule has 2 rings (SSSR count). The van der Waals surface area contributed by atoms with Gasteiger partial charge in [-0.3, -0.25) is 4.90 Å². The summed E-state index contributed by atoms with van der Waals surface area (Å²) >= 11 is 0. The van der Waals surface area contributed by atoms with Crippen molar-refractivity contribution in [3.8, 4) is 0 Å². The number of hydrogen-bond donors (Lipinski definition) is 1. The molecule has 0 saturated carbocycles. The van der Waals surface area contributed by atoms with Crippen LogP contribution in [0.4, 0.5) is 0 Å². The Morgan fingerprint density at radius 3 is 2.78 bits per heavy atom. The minimum Gasteiger partial charge on any atom is -0.379 e. The molecule has 1 N–H and O–H groups in total. The Morgan fingerprint density at radius 2 is 2.06 bits per heavy atom. The Balaban J connectivity index is 1.52. The molecule has 0 radical (unpaired) electrons. The molecule has 5 nitrogen and oxygen atoms in total. The fourth-order valence-electron chi connectivity index (χ4n) is 2.42. The summed E-state index contributed by atoms with van der Waals surface area (Å²) in [4.78, 5) is 4.89. The molecule has 0 amide bonds. The molecule has 2 saturated heterocycles. The smallest absolute Gasteiger partial charge is 0.0712 e. The third kappa shape index (κ3) is 5.20. The van der Waals surface area contributed by atoms with Gasteiger partial charge >= 0.3 is 0 Å². The third-order valence-corrected chi connectivity index (χ3v) is 3.74. The molecule has 5 heteroatoms. The van der Waals surface area contributed by atoms with E-state index in [1.54, 1.807) is 0 Å². The summed E-state index contributed by atoms with van der Waals surface area (Å²) in [6.45, 7) is 10.3. The molecule has 2 aliphatic rings. The standard InChI is InChI=1S/C13H27N3O2/c1-15(4-2-13-12-14-3-9-18-13)5-6-16-7-10-17-11-8-16/h13-14H,2-12H2,1H3. The second-order valence-corrected chi connectivity index (χ2v) is 5.24. The Morgan fingerprint density at radius 1 is 1.22 bits per heavy atom. The lowest BCUT2D eigenvalue weighted by atomic mass is 10.2. The predicted molar refractivity (Wildman–Crippen MR) is 72.0 cm³/mol. The Labute approximate surface area is 110 Å². The fraction of sp³-hybridized carbons (Fsp3) is 1.00. The van der Waals surface area contributed by atoms with Crippen LogP contribution in [-0.4, -0.2) is 88.6 Å². The van der Waals surface area contributed by atoms with E-state index in [-0.39, 0.29) is 0 Å². The summed E-state index contributed by atoms with van der Waals surface area (Å²) in [6, 6.07) is 0. The van der Waals surface area contributed by atoms with Crippen LogP contribution in [0.2, 0.25) is 0 Å². The van der Waals surface area contributed by atoms with Crippen molar-refractivity contribution in [3.05, 3.63) is 0 Å². The van der Waals surface area contributed by atoms with E-state index in [1.165, 1.54) is 0 Å². The zero-order valence-electron chi connectivity index (χ0n) is 11.6. The lowest BCUT2D eigenvalue weighted by Crippen LogP contribution is -2.42. The van der Waals surface area contributed by atoms with Gasteiger partial charge in [-0.2, -0.15) is 0 Å². The number of morpholine rings is 2. The Bertz CT molecular complexity index is 194. The van der Waals surface area contributed by atoms with Crippen LogP contribution < -0.4 is 5.32 Å². The lowest BCUT2D eigenvalue weighted by Gasteiger charge is -2.29. The summed E-state index contributed by atoms with van der Waals surface area (Å²) < 4.78 is 11.1. The quantitative estimate of drug-likeness (QED) is 0.703. The highest BCUT2D eigenvalue weighted by Crippen LogP contribution is 2.03. The maximum atomic E-state index is 5.71. The van der Waals surface area contributed by atoms with Crippen molar-refractivity contribution >= 4 is 0 Å². The number of rotatable bonds is 6. The highest BCUT2D eigenvalue weighted by molar-refractivity contribution is 4.69. The minimum absolute atomic E-state index is 0.407. The Hall–Kier alpha value is -0.200. The molecular formula is C13H27N3O2. The lowest BCUT2D eigenvalue weighted by molar-refractivity contribution is 0.0158. The summed E-state index contributed by atoms with van der Waals surface area (Å²) in [5.74, 6) is 0. The van der Waals surface area contributed by atoms with Crippen molar-refractivity contribution in [1.29, 1.82) is 0 Å². The average molecular weight is 257 g/mol. The van der Waals surface area contributed by atoms with E-state index in [0.717, 1.165) is 72.1 Å². The van der Waals surface area contributed by atoms with E-state index in [4.69, 9.17) is 9.47 Å². The maximum absolute atomic E-state index is 5.71. The first-order valence-electron chi connectivity index (χ1n) is 7.15. The molecule has 2 fully saturated rings. The zero-order valence-corrected chi connectivity index (χ0v) is 11.6. The molecule has 2 heterocycles. The molecule has 1 atom stereocenters. The van der Waals surface area contributed by atoms with E-state index in [0.29, 0.717) is 6.10 Å². The molecule has 0 aromatic rings. The van der Waals surface area contributed by atoms with Gasteiger partial charge in [-0.05, 0) is 13.5 Å². The van der Waals surface area contributed by atoms with Crippen molar-refractivity contribution in [2.45, 2.75) is 12.5 Å². The van der Waals surface area contributed by atoms with E-state index >= 15 is 0 Å². The molecule has 0 bridgehead atoms. The molecule has 0 aromatic carbocycles. The summed E-state index contributed by atoms with van der Waals surface area (Å²) in [5, 5.41) is 3.38. The largest absolute Gasteiger partial charge is 0.379 e. The summed E-state index contributed by atoms with van der Waals surface area (Å²) in [6.07, 6.45) is 1.54. The van der Waals surface area contributed by atoms with Crippen molar-refractivity contribution in [1.82, 2.24) is 15.1 Å². The van der Waals surface area contributed by atoms with Gasteiger partial charge < -0.3 is 19.7 Å². The van der Waals surface area contributed by atoms with Crippen molar-refractivity contribution < 1.29 is 9.47 Å². The van der Waals surface area contributed by atoms with Gasteiger partial charge in [-0.1, -0.05) is 0 Å². The first-order valence-corrected chi connectivity index (χ1v) is 7.15. The average Bonchev–Trinajstić information content (AvgIpc) is 2.45. The molecular weight excluding hydrogens is 230 g/mol. The first kappa shape index (κ1) is 14.2. The SMILES string of the molecule is CN(CCC1CNCCO1)CCN1CCOCC1. The minimum atomic E-state index is 0.407. The Kier molecular flexibility index (Phi) is 6.37. The highest BCUT2D eigenvalue weighted by Gasteiger charge is 2.14. The number of ether oxygens (including phenoxy) is 2. The van der Waals surface area contributed by atoms with Crippen LogP contribution in [0.1, 0.15) is 6.42 Å². The molecule has 2 aliphatic heterocycles. The van der Waals surface area contributed by atoms with E-state index in [1.807, 2.05) is 0 Å².